The molecule has 0 saturated carbocycles. The number of halogens is 4. The fourth-order valence-electron chi connectivity index (χ4n) is 4.08. The highest BCUT2D eigenvalue weighted by Gasteiger charge is 2.53. The topological polar surface area (TPSA) is 84.7 Å². The normalized spacial score (nSPS) is 22.1. The summed E-state index contributed by atoms with van der Waals surface area (Å²) in [6.07, 6.45) is -4.52. The second-order valence-corrected chi connectivity index (χ2v) is 8.90. The van der Waals surface area contributed by atoms with Gasteiger partial charge in [0.15, 0.2) is 11.9 Å². The van der Waals surface area contributed by atoms with Crippen molar-refractivity contribution in [2.24, 2.45) is 16.1 Å². The standard InChI is InChI=1S/C22H26F4N4O2/c1-11(16-17(22(24,25)26)32-12(2)28-16)9-13-7-8-15(23)14(10-13)21(5)20(3,4)18(31)30(6)19(27)29-21/h7-8,10-11H,9H2,1-6H3,(H2,27,29)/t11?,21-/m1/s1. The number of hydrogen-bond acceptors (Lipinski definition) is 5. The average molecular weight is 454 g/mol. The van der Waals surface area contributed by atoms with Gasteiger partial charge in [0, 0.05) is 25.5 Å². The van der Waals surface area contributed by atoms with Crippen LogP contribution in [0.15, 0.2) is 27.6 Å². The van der Waals surface area contributed by atoms with Crippen LogP contribution in [-0.2, 0) is 22.9 Å². The third kappa shape index (κ3) is 3.75. The number of guanidine groups is 1. The summed E-state index contributed by atoms with van der Waals surface area (Å²) in [6, 6.07) is 4.25. The summed E-state index contributed by atoms with van der Waals surface area (Å²) >= 11 is 0. The van der Waals surface area contributed by atoms with Gasteiger partial charge < -0.3 is 10.2 Å². The number of carbonyl (C=O) groups is 1. The minimum Gasteiger partial charge on any atom is -0.436 e. The van der Waals surface area contributed by atoms with Crippen LogP contribution in [0.5, 0.6) is 0 Å². The van der Waals surface area contributed by atoms with Crippen molar-refractivity contribution in [3.63, 3.8) is 0 Å². The molecule has 2 heterocycles. The Hall–Kier alpha value is -2.91. The lowest BCUT2D eigenvalue weighted by atomic mass is 9.67. The molecule has 0 fully saturated rings. The first-order valence-corrected chi connectivity index (χ1v) is 10.1. The van der Waals surface area contributed by atoms with Gasteiger partial charge in [0.25, 0.3) is 0 Å². The molecular weight excluding hydrogens is 428 g/mol. The molecule has 2 N–H and O–H groups in total. The zero-order valence-electron chi connectivity index (χ0n) is 18.8. The Balaban J connectivity index is 2.03. The maximum Gasteiger partial charge on any atom is 0.451 e. The van der Waals surface area contributed by atoms with Crippen molar-refractivity contribution in [1.82, 2.24) is 9.88 Å². The summed E-state index contributed by atoms with van der Waals surface area (Å²) in [7, 11) is 1.50. The van der Waals surface area contributed by atoms with Crippen LogP contribution in [0.2, 0.25) is 0 Å². The first-order valence-electron chi connectivity index (χ1n) is 10.1. The molecule has 0 spiro atoms. The van der Waals surface area contributed by atoms with Crippen molar-refractivity contribution in [3.8, 4) is 0 Å². The minimum absolute atomic E-state index is 0.0390. The summed E-state index contributed by atoms with van der Waals surface area (Å²) in [4.78, 5) is 22.4. The quantitative estimate of drug-likeness (QED) is 0.689. The Kier molecular flexibility index (Phi) is 5.64. The van der Waals surface area contributed by atoms with Gasteiger partial charge in [0.2, 0.25) is 11.7 Å². The van der Waals surface area contributed by atoms with Crippen LogP contribution in [0, 0.1) is 18.2 Å². The number of aryl methyl sites for hydroxylation is 1. The summed E-state index contributed by atoms with van der Waals surface area (Å²) in [5.41, 5.74) is 3.99. The van der Waals surface area contributed by atoms with Crippen LogP contribution in [0.3, 0.4) is 0 Å². The van der Waals surface area contributed by atoms with Gasteiger partial charge in [-0.15, -0.1) is 0 Å². The van der Waals surface area contributed by atoms with Crippen LogP contribution in [0.1, 0.15) is 62.1 Å². The number of hydrogen-bond donors (Lipinski definition) is 1. The average Bonchev–Trinajstić information content (AvgIpc) is 3.09. The maximum absolute atomic E-state index is 15.0. The molecule has 32 heavy (non-hydrogen) atoms. The molecule has 0 aliphatic carbocycles. The van der Waals surface area contributed by atoms with Gasteiger partial charge in [-0.25, -0.2) is 14.4 Å². The second kappa shape index (κ2) is 7.60. The number of alkyl halides is 3. The Morgan fingerprint density at radius 3 is 2.47 bits per heavy atom. The highest BCUT2D eigenvalue weighted by atomic mass is 19.4. The van der Waals surface area contributed by atoms with Crippen LogP contribution in [-0.4, -0.2) is 28.8 Å². The molecule has 6 nitrogen and oxygen atoms in total. The molecule has 1 aromatic heterocycles. The van der Waals surface area contributed by atoms with Gasteiger partial charge >= 0.3 is 6.18 Å². The van der Waals surface area contributed by atoms with E-state index in [9.17, 15) is 22.4 Å². The number of benzene rings is 1. The Bertz CT molecular complexity index is 1090. The number of nitrogens with two attached hydrogens (primary N) is 1. The predicted octanol–water partition coefficient (Wildman–Crippen LogP) is 4.52. The Morgan fingerprint density at radius 2 is 1.88 bits per heavy atom. The molecule has 0 bridgehead atoms. The van der Waals surface area contributed by atoms with E-state index >= 15 is 0 Å². The van der Waals surface area contributed by atoms with Gasteiger partial charge in [0.05, 0.1) is 11.1 Å². The number of rotatable bonds is 4. The zero-order valence-corrected chi connectivity index (χ0v) is 18.8. The largest absolute Gasteiger partial charge is 0.451 e. The van der Waals surface area contributed by atoms with E-state index in [0.717, 1.165) is 0 Å². The number of oxazole rings is 1. The van der Waals surface area contributed by atoms with E-state index in [2.05, 4.69) is 9.98 Å². The van der Waals surface area contributed by atoms with E-state index in [-0.39, 0.29) is 35.4 Å². The summed E-state index contributed by atoms with van der Waals surface area (Å²) in [5.74, 6) is -2.81. The van der Waals surface area contributed by atoms with Crippen molar-refractivity contribution < 1.29 is 26.8 Å². The Morgan fingerprint density at radius 1 is 1.25 bits per heavy atom. The summed E-state index contributed by atoms with van der Waals surface area (Å²) in [5, 5.41) is 0. The molecule has 3 rings (SSSR count). The van der Waals surface area contributed by atoms with E-state index in [1.165, 1.54) is 37.1 Å². The van der Waals surface area contributed by atoms with Gasteiger partial charge in [0.1, 0.15) is 11.4 Å². The zero-order chi connectivity index (χ0) is 24.2. The fourth-order valence-corrected chi connectivity index (χ4v) is 4.08. The molecule has 1 aliphatic rings. The minimum atomic E-state index is -4.67. The van der Waals surface area contributed by atoms with Crippen molar-refractivity contribution >= 4 is 11.9 Å². The van der Waals surface area contributed by atoms with Gasteiger partial charge in [-0.3, -0.25) is 9.69 Å². The van der Waals surface area contributed by atoms with E-state index < -0.39 is 34.6 Å². The third-order valence-electron chi connectivity index (χ3n) is 6.32. The van der Waals surface area contributed by atoms with E-state index in [1.54, 1.807) is 27.7 Å². The van der Waals surface area contributed by atoms with Crippen molar-refractivity contribution in [2.45, 2.75) is 58.7 Å². The van der Waals surface area contributed by atoms with Crippen molar-refractivity contribution in [1.29, 1.82) is 0 Å². The predicted molar refractivity (Wildman–Crippen MR) is 110 cm³/mol. The molecule has 0 saturated heterocycles. The van der Waals surface area contributed by atoms with Gasteiger partial charge in [-0.1, -0.05) is 19.1 Å². The molecule has 1 aromatic carbocycles. The molecule has 0 radical (unpaired) electrons. The molecule has 2 aromatic rings. The van der Waals surface area contributed by atoms with Crippen molar-refractivity contribution in [2.75, 3.05) is 7.05 Å². The number of aliphatic imine (C=N–C) groups is 1. The number of aromatic nitrogens is 1. The highest BCUT2D eigenvalue weighted by Crippen LogP contribution is 2.47. The second-order valence-electron chi connectivity index (χ2n) is 8.90. The number of nitrogens with zero attached hydrogens (tertiary/aromatic N) is 3. The lowest BCUT2D eigenvalue weighted by molar-refractivity contribution is -0.154. The lowest BCUT2D eigenvalue weighted by Crippen LogP contribution is -2.58. The third-order valence-corrected chi connectivity index (χ3v) is 6.32. The fraction of sp³-hybridized carbons (Fsp3) is 0.500. The monoisotopic (exact) mass is 454 g/mol. The molecule has 1 amide bonds. The smallest absolute Gasteiger partial charge is 0.436 e. The molecular formula is C22H26F4N4O2. The first-order chi connectivity index (χ1) is 14.6. The van der Waals surface area contributed by atoms with E-state index in [1.807, 2.05) is 0 Å². The SMILES string of the molecule is Cc1nc(C(C)Cc2ccc(F)c([C@@]3(C)N=C(N)N(C)C(=O)C3(C)C)c2)c(C(F)(F)F)o1. The molecule has 1 aliphatic heterocycles. The molecule has 1 unspecified atom stereocenters. The number of carbonyl (C=O) groups excluding carboxylic acids is 1. The van der Waals surface area contributed by atoms with Crippen LogP contribution >= 0.6 is 0 Å². The van der Waals surface area contributed by atoms with Gasteiger partial charge in [-0.2, -0.15) is 13.2 Å². The molecule has 2 atom stereocenters. The van der Waals surface area contributed by atoms with E-state index in [0.29, 0.717) is 5.56 Å². The molecule has 174 valence electrons. The van der Waals surface area contributed by atoms with Crippen molar-refractivity contribution in [3.05, 3.63) is 52.5 Å². The first kappa shape index (κ1) is 23.7. The summed E-state index contributed by atoms with van der Waals surface area (Å²) < 4.78 is 59.7. The van der Waals surface area contributed by atoms with Crippen LogP contribution in [0.25, 0.3) is 0 Å². The van der Waals surface area contributed by atoms with E-state index in [4.69, 9.17) is 10.2 Å². The van der Waals surface area contributed by atoms with Crippen LogP contribution < -0.4 is 5.73 Å². The van der Waals surface area contributed by atoms with Gasteiger partial charge in [-0.05, 0) is 38.8 Å². The highest BCUT2D eigenvalue weighted by molar-refractivity contribution is 6.01. The number of amides is 1. The summed E-state index contributed by atoms with van der Waals surface area (Å²) in [6.45, 7) is 7.88. The lowest BCUT2D eigenvalue weighted by Gasteiger charge is -2.46. The molecule has 10 heteroatoms. The Labute approximate surface area is 183 Å². The van der Waals surface area contributed by atoms with Crippen LogP contribution in [0.4, 0.5) is 17.6 Å². The maximum atomic E-state index is 15.0.